The lowest BCUT2D eigenvalue weighted by molar-refractivity contribution is 0.0787. The minimum atomic E-state index is 0.0988. The lowest BCUT2D eigenvalue weighted by Gasteiger charge is -2.18. The maximum atomic E-state index is 12.9. The number of hydrogen-bond acceptors (Lipinski definition) is 3. The summed E-state index contributed by atoms with van der Waals surface area (Å²) in [5.41, 5.74) is 6.24. The predicted molar refractivity (Wildman–Crippen MR) is 109 cm³/mol. The normalized spacial score (nSPS) is 16.7. The van der Waals surface area contributed by atoms with Crippen LogP contribution in [0.5, 0.6) is 0 Å². The number of nitrogens with zero attached hydrogens (tertiary/aromatic N) is 5. The van der Waals surface area contributed by atoms with Gasteiger partial charge in [0.25, 0.3) is 5.91 Å². The van der Waals surface area contributed by atoms with E-state index in [1.54, 1.807) is 0 Å². The van der Waals surface area contributed by atoms with Gasteiger partial charge in [-0.3, -0.25) is 14.2 Å². The minimum absolute atomic E-state index is 0.0988. The molecule has 0 aliphatic carbocycles. The van der Waals surface area contributed by atoms with E-state index in [0.717, 1.165) is 53.4 Å². The average molecular weight is 377 g/mol. The van der Waals surface area contributed by atoms with E-state index in [4.69, 9.17) is 0 Å². The second-order valence-electron chi connectivity index (χ2n) is 7.85. The fraction of sp³-hybridized carbons (Fsp3) is 0.409. The van der Waals surface area contributed by atoms with Crippen LogP contribution in [0.2, 0.25) is 0 Å². The molecule has 1 aromatic carbocycles. The molecule has 1 fully saturated rings. The van der Waals surface area contributed by atoms with Crippen molar-refractivity contribution < 1.29 is 4.79 Å². The zero-order chi connectivity index (χ0) is 19.8. The lowest BCUT2D eigenvalue weighted by atomic mass is 10.1. The molecule has 1 atom stereocenters. The van der Waals surface area contributed by atoms with Gasteiger partial charge in [-0.05, 0) is 63.9 Å². The van der Waals surface area contributed by atoms with Crippen molar-refractivity contribution in [3.8, 4) is 0 Å². The van der Waals surface area contributed by atoms with Crippen molar-refractivity contribution in [1.29, 1.82) is 0 Å². The number of hydrogen-bond donors (Lipinski definition) is 0. The summed E-state index contributed by atoms with van der Waals surface area (Å²) in [6, 6.07) is 12.3. The first-order chi connectivity index (χ1) is 13.4. The van der Waals surface area contributed by atoms with Gasteiger partial charge in [-0.2, -0.15) is 10.2 Å². The molecule has 6 nitrogen and oxygen atoms in total. The molecule has 1 amide bonds. The fourth-order valence-corrected chi connectivity index (χ4v) is 4.08. The van der Waals surface area contributed by atoms with Gasteiger partial charge in [0, 0.05) is 30.0 Å². The van der Waals surface area contributed by atoms with Crippen LogP contribution < -0.4 is 0 Å². The zero-order valence-electron chi connectivity index (χ0n) is 17.0. The third-order valence-corrected chi connectivity index (χ3v) is 5.48. The number of carbonyl (C=O) groups excluding carboxylic acids is 1. The van der Waals surface area contributed by atoms with Crippen molar-refractivity contribution in [3.63, 3.8) is 0 Å². The first-order valence-electron chi connectivity index (χ1n) is 9.83. The van der Waals surface area contributed by atoms with Crippen molar-refractivity contribution in [2.45, 2.75) is 46.7 Å². The Balaban J connectivity index is 1.42. The Bertz CT molecular complexity index is 999. The van der Waals surface area contributed by atoms with Gasteiger partial charge in [-0.15, -0.1) is 0 Å². The van der Waals surface area contributed by atoms with E-state index >= 15 is 0 Å². The number of rotatable bonds is 4. The number of carbonyl (C=O) groups is 1. The molecule has 0 saturated carbocycles. The molecule has 146 valence electrons. The Labute approximate surface area is 165 Å². The highest BCUT2D eigenvalue weighted by atomic mass is 16.2. The highest BCUT2D eigenvalue weighted by Gasteiger charge is 2.29. The highest BCUT2D eigenvalue weighted by Crippen LogP contribution is 2.24. The van der Waals surface area contributed by atoms with Crippen LogP contribution in [-0.4, -0.2) is 43.5 Å². The molecule has 2 aromatic heterocycles. The Morgan fingerprint density at radius 3 is 2.29 bits per heavy atom. The van der Waals surface area contributed by atoms with Crippen molar-refractivity contribution in [2.24, 2.45) is 0 Å². The van der Waals surface area contributed by atoms with Crippen molar-refractivity contribution in [2.75, 3.05) is 13.1 Å². The van der Waals surface area contributed by atoms with Crippen LogP contribution in [-0.2, 0) is 6.54 Å². The molecular weight excluding hydrogens is 350 g/mol. The topological polar surface area (TPSA) is 56.0 Å². The van der Waals surface area contributed by atoms with Gasteiger partial charge in [0.1, 0.15) is 0 Å². The molecule has 1 aliphatic heterocycles. The molecule has 4 rings (SSSR count). The summed E-state index contributed by atoms with van der Waals surface area (Å²) in [5.74, 6) is 0.0988. The quantitative estimate of drug-likeness (QED) is 0.700. The molecular formula is C22H27N5O. The first-order valence-corrected chi connectivity index (χ1v) is 9.83. The zero-order valence-corrected chi connectivity index (χ0v) is 17.0. The summed E-state index contributed by atoms with van der Waals surface area (Å²) in [6.45, 7) is 10.4. The van der Waals surface area contributed by atoms with Crippen LogP contribution in [0.3, 0.4) is 0 Å². The Morgan fingerprint density at radius 2 is 1.68 bits per heavy atom. The summed E-state index contributed by atoms with van der Waals surface area (Å²) in [5, 5.41) is 9.09. The van der Waals surface area contributed by atoms with Gasteiger partial charge >= 0.3 is 0 Å². The standard InChI is InChI=1S/C22H27N5O/c1-15-11-17(3)26(23-15)13-19-5-7-20(8-6-19)22(28)25-10-9-21(14-25)27-18(4)12-16(2)24-27/h5-8,11-12,21H,9-10,13-14H2,1-4H3. The molecule has 1 saturated heterocycles. The molecule has 3 aromatic rings. The third kappa shape index (κ3) is 3.59. The van der Waals surface area contributed by atoms with Crippen molar-refractivity contribution in [3.05, 3.63) is 70.3 Å². The van der Waals surface area contributed by atoms with Gasteiger partial charge < -0.3 is 4.90 Å². The number of aromatic nitrogens is 4. The summed E-state index contributed by atoms with van der Waals surface area (Å²) >= 11 is 0. The molecule has 28 heavy (non-hydrogen) atoms. The van der Waals surface area contributed by atoms with Crippen molar-refractivity contribution >= 4 is 5.91 Å². The summed E-state index contributed by atoms with van der Waals surface area (Å²) in [6.07, 6.45) is 0.948. The smallest absolute Gasteiger partial charge is 0.253 e. The molecule has 0 N–H and O–H groups in total. The number of amides is 1. The van der Waals surface area contributed by atoms with Gasteiger partial charge in [0.2, 0.25) is 0 Å². The van der Waals surface area contributed by atoms with Crippen LogP contribution in [0.1, 0.15) is 51.2 Å². The monoisotopic (exact) mass is 377 g/mol. The van der Waals surface area contributed by atoms with E-state index in [1.165, 1.54) is 0 Å². The first kappa shape index (κ1) is 18.5. The number of aryl methyl sites for hydroxylation is 4. The highest BCUT2D eigenvalue weighted by molar-refractivity contribution is 5.94. The van der Waals surface area contributed by atoms with E-state index < -0.39 is 0 Å². The minimum Gasteiger partial charge on any atom is -0.336 e. The lowest BCUT2D eigenvalue weighted by Crippen LogP contribution is -2.29. The van der Waals surface area contributed by atoms with Crippen LogP contribution in [0.4, 0.5) is 0 Å². The number of benzene rings is 1. The summed E-state index contributed by atoms with van der Waals surface area (Å²) < 4.78 is 4.06. The Hall–Kier alpha value is -2.89. The van der Waals surface area contributed by atoms with Crippen LogP contribution in [0.15, 0.2) is 36.4 Å². The molecule has 3 heterocycles. The van der Waals surface area contributed by atoms with Crippen LogP contribution in [0, 0.1) is 27.7 Å². The summed E-state index contributed by atoms with van der Waals surface area (Å²) in [7, 11) is 0. The van der Waals surface area contributed by atoms with Gasteiger partial charge in [0.15, 0.2) is 0 Å². The van der Waals surface area contributed by atoms with Crippen molar-refractivity contribution in [1.82, 2.24) is 24.5 Å². The Morgan fingerprint density at radius 1 is 1.00 bits per heavy atom. The summed E-state index contributed by atoms with van der Waals surface area (Å²) in [4.78, 5) is 14.9. The fourth-order valence-electron chi connectivity index (χ4n) is 4.08. The van der Waals surface area contributed by atoms with E-state index in [2.05, 4.69) is 40.9 Å². The maximum absolute atomic E-state index is 12.9. The predicted octanol–water partition coefficient (Wildman–Crippen LogP) is 3.45. The van der Waals surface area contributed by atoms with E-state index in [-0.39, 0.29) is 11.9 Å². The number of likely N-dealkylation sites (tertiary alicyclic amines) is 1. The largest absolute Gasteiger partial charge is 0.336 e. The second kappa shape index (κ2) is 7.26. The SMILES string of the molecule is Cc1cc(C)n(Cc2ccc(C(=O)N3CCC(n4nc(C)cc4C)C3)cc2)n1. The maximum Gasteiger partial charge on any atom is 0.253 e. The molecule has 1 aliphatic rings. The van der Waals surface area contributed by atoms with E-state index in [0.29, 0.717) is 6.54 Å². The van der Waals surface area contributed by atoms with Gasteiger partial charge in [0.05, 0.1) is 24.0 Å². The molecule has 1 unspecified atom stereocenters. The molecule has 6 heteroatoms. The van der Waals surface area contributed by atoms with E-state index in [1.807, 2.05) is 47.7 Å². The average Bonchev–Trinajstić information content (AvgIpc) is 3.34. The van der Waals surface area contributed by atoms with Gasteiger partial charge in [-0.25, -0.2) is 0 Å². The Kier molecular flexibility index (Phi) is 4.79. The van der Waals surface area contributed by atoms with E-state index in [9.17, 15) is 4.79 Å². The van der Waals surface area contributed by atoms with Crippen LogP contribution >= 0.6 is 0 Å². The molecule has 0 spiro atoms. The van der Waals surface area contributed by atoms with Crippen LogP contribution in [0.25, 0.3) is 0 Å². The molecule has 0 bridgehead atoms. The second-order valence-corrected chi connectivity index (χ2v) is 7.85. The molecule has 0 radical (unpaired) electrons. The van der Waals surface area contributed by atoms with Gasteiger partial charge in [-0.1, -0.05) is 12.1 Å². The third-order valence-electron chi connectivity index (χ3n) is 5.48.